The topological polar surface area (TPSA) is 58.1 Å². The molecule has 0 spiro atoms. The summed E-state index contributed by atoms with van der Waals surface area (Å²) < 4.78 is 0.786. The zero-order valence-corrected chi connectivity index (χ0v) is 16.5. The van der Waals surface area contributed by atoms with Crippen molar-refractivity contribution in [2.24, 2.45) is 0 Å². The van der Waals surface area contributed by atoms with Gasteiger partial charge in [-0.25, -0.2) is 0 Å². The fraction of sp³-hybridized carbons (Fsp3) is 0.389. The van der Waals surface area contributed by atoms with E-state index in [-0.39, 0.29) is 11.4 Å². The molecule has 2 rings (SSSR count). The van der Waals surface area contributed by atoms with E-state index in [0.717, 1.165) is 15.0 Å². The molecule has 0 saturated carbocycles. The van der Waals surface area contributed by atoms with Crippen LogP contribution in [0.1, 0.15) is 26.3 Å². The molecule has 1 aromatic carbocycles. The molecular weight excluding hydrogens is 352 g/mol. The van der Waals surface area contributed by atoms with Gasteiger partial charge in [0.25, 0.3) is 0 Å². The van der Waals surface area contributed by atoms with Gasteiger partial charge >= 0.3 is 0 Å². The second kappa shape index (κ2) is 9.01. The van der Waals surface area contributed by atoms with Crippen molar-refractivity contribution in [3.8, 4) is 0 Å². The lowest BCUT2D eigenvalue weighted by molar-refractivity contribution is -0.133. The number of carbonyl (C=O) groups excluding carboxylic acids is 1. The van der Waals surface area contributed by atoms with E-state index in [9.17, 15) is 4.79 Å². The van der Waals surface area contributed by atoms with Gasteiger partial charge in [0.15, 0.2) is 4.34 Å². The number of carbonyl (C=O) groups is 1. The third kappa shape index (κ3) is 6.17. The summed E-state index contributed by atoms with van der Waals surface area (Å²) in [6.45, 7) is 11.1. The monoisotopic (exact) mass is 376 g/mol. The molecule has 7 heteroatoms. The SMILES string of the molecule is C=CCNc1nnc(SCC(=O)N(Cc2ccccc2)C(C)(C)C)s1. The summed E-state index contributed by atoms with van der Waals surface area (Å²) in [6.07, 6.45) is 1.77. The summed E-state index contributed by atoms with van der Waals surface area (Å²) in [5, 5.41) is 12.0. The van der Waals surface area contributed by atoms with Crippen molar-refractivity contribution in [2.45, 2.75) is 37.2 Å². The highest BCUT2D eigenvalue weighted by molar-refractivity contribution is 8.01. The Morgan fingerprint density at radius 1 is 1.32 bits per heavy atom. The van der Waals surface area contributed by atoms with Gasteiger partial charge in [-0.3, -0.25) is 4.79 Å². The van der Waals surface area contributed by atoms with Gasteiger partial charge in [-0.2, -0.15) is 0 Å². The molecule has 25 heavy (non-hydrogen) atoms. The fourth-order valence-electron chi connectivity index (χ4n) is 2.17. The van der Waals surface area contributed by atoms with Gasteiger partial charge in [-0.1, -0.05) is 59.5 Å². The van der Waals surface area contributed by atoms with Crippen LogP contribution in [0.25, 0.3) is 0 Å². The third-order valence-corrected chi connectivity index (χ3v) is 5.42. The molecule has 5 nitrogen and oxygen atoms in total. The van der Waals surface area contributed by atoms with Crippen molar-refractivity contribution in [2.75, 3.05) is 17.6 Å². The van der Waals surface area contributed by atoms with Crippen LogP contribution in [0.5, 0.6) is 0 Å². The number of hydrogen-bond acceptors (Lipinski definition) is 6. The molecule has 0 aliphatic carbocycles. The first kappa shape index (κ1) is 19.5. The van der Waals surface area contributed by atoms with Crippen molar-refractivity contribution in [3.63, 3.8) is 0 Å². The molecule has 0 radical (unpaired) electrons. The Balaban J connectivity index is 1.97. The summed E-state index contributed by atoms with van der Waals surface area (Å²) in [6, 6.07) is 10.1. The molecule has 1 N–H and O–H groups in total. The van der Waals surface area contributed by atoms with Crippen molar-refractivity contribution in [1.29, 1.82) is 0 Å². The molecule has 1 heterocycles. The van der Waals surface area contributed by atoms with Gasteiger partial charge in [-0.15, -0.1) is 16.8 Å². The van der Waals surface area contributed by atoms with Crippen LogP contribution < -0.4 is 5.32 Å². The Hall–Kier alpha value is -1.86. The van der Waals surface area contributed by atoms with Crippen LogP contribution in [0.15, 0.2) is 47.3 Å². The summed E-state index contributed by atoms with van der Waals surface area (Å²) in [7, 11) is 0. The maximum Gasteiger partial charge on any atom is 0.233 e. The van der Waals surface area contributed by atoms with Crippen LogP contribution in [-0.4, -0.2) is 38.8 Å². The number of rotatable bonds is 8. The molecule has 0 aliphatic rings. The number of aromatic nitrogens is 2. The zero-order chi connectivity index (χ0) is 18.3. The lowest BCUT2D eigenvalue weighted by Gasteiger charge is -2.36. The van der Waals surface area contributed by atoms with Crippen molar-refractivity contribution < 1.29 is 4.79 Å². The van der Waals surface area contributed by atoms with Gasteiger partial charge < -0.3 is 10.2 Å². The van der Waals surface area contributed by atoms with E-state index in [1.807, 2.05) is 35.2 Å². The van der Waals surface area contributed by atoms with E-state index in [1.54, 1.807) is 6.08 Å². The molecule has 0 aliphatic heterocycles. The molecule has 0 saturated heterocycles. The minimum atomic E-state index is -0.245. The number of amides is 1. The molecule has 0 atom stereocenters. The highest BCUT2D eigenvalue weighted by atomic mass is 32.2. The molecule has 0 fully saturated rings. The summed E-state index contributed by atoms with van der Waals surface area (Å²) in [5.74, 6) is 0.442. The quantitative estimate of drug-likeness (QED) is 0.556. The first-order valence-electron chi connectivity index (χ1n) is 8.05. The Morgan fingerprint density at radius 3 is 2.68 bits per heavy atom. The van der Waals surface area contributed by atoms with E-state index in [0.29, 0.717) is 18.8 Å². The smallest absolute Gasteiger partial charge is 0.233 e. The predicted octanol–water partition coefficient (Wildman–Crippen LogP) is 4.06. The number of anilines is 1. The van der Waals surface area contributed by atoms with Gasteiger partial charge in [0.1, 0.15) is 0 Å². The molecule has 134 valence electrons. The summed E-state index contributed by atoms with van der Waals surface area (Å²) >= 11 is 2.87. The number of hydrogen-bond donors (Lipinski definition) is 1. The lowest BCUT2D eigenvalue weighted by Crippen LogP contribution is -2.45. The van der Waals surface area contributed by atoms with Gasteiger partial charge in [0, 0.05) is 18.6 Å². The normalized spacial score (nSPS) is 11.2. The van der Waals surface area contributed by atoms with Crippen molar-refractivity contribution >= 4 is 34.1 Å². The van der Waals surface area contributed by atoms with E-state index in [1.165, 1.54) is 23.1 Å². The van der Waals surface area contributed by atoms with Crippen LogP contribution in [0.2, 0.25) is 0 Å². The van der Waals surface area contributed by atoms with E-state index < -0.39 is 0 Å². The highest BCUT2D eigenvalue weighted by Gasteiger charge is 2.26. The molecule has 1 amide bonds. The van der Waals surface area contributed by atoms with Crippen molar-refractivity contribution in [1.82, 2.24) is 15.1 Å². The average molecular weight is 377 g/mol. The number of nitrogens with one attached hydrogen (secondary N) is 1. The maximum absolute atomic E-state index is 12.8. The van der Waals surface area contributed by atoms with E-state index in [2.05, 4.69) is 42.9 Å². The molecule has 1 aromatic heterocycles. The Kier molecular flexibility index (Phi) is 7.01. The molecule has 0 bridgehead atoms. The standard InChI is InChI=1S/C18H24N4OS2/c1-5-11-19-16-20-21-17(25-16)24-13-15(23)22(18(2,3)4)12-14-9-7-6-8-10-14/h5-10H,1,11-13H2,2-4H3,(H,19,20). The molecule has 2 aromatic rings. The van der Waals surface area contributed by atoms with Crippen molar-refractivity contribution in [3.05, 3.63) is 48.6 Å². The van der Waals surface area contributed by atoms with Crippen LogP contribution in [0, 0.1) is 0 Å². The number of thioether (sulfide) groups is 1. The van der Waals surface area contributed by atoms with Crippen LogP contribution in [0.3, 0.4) is 0 Å². The van der Waals surface area contributed by atoms with Crippen LogP contribution in [-0.2, 0) is 11.3 Å². The minimum Gasteiger partial charge on any atom is -0.357 e. The zero-order valence-electron chi connectivity index (χ0n) is 14.9. The second-order valence-electron chi connectivity index (χ2n) is 6.47. The fourth-order valence-corrected chi connectivity index (χ4v) is 3.80. The minimum absolute atomic E-state index is 0.0946. The average Bonchev–Trinajstić information content (AvgIpc) is 3.03. The second-order valence-corrected chi connectivity index (χ2v) is 8.67. The lowest BCUT2D eigenvalue weighted by atomic mass is 10.0. The Morgan fingerprint density at radius 2 is 2.04 bits per heavy atom. The van der Waals surface area contributed by atoms with E-state index >= 15 is 0 Å². The van der Waals surface area contributed by atoms with Gasteiger partial charge in [0.05, 0.1) is 5.75 Å². The first-order valence-corrected chi connectivity index (χ1v) is 9.86. The molecular formula is C18H24N4OS2. The Bertz CT molecular complexity index is 695. The number of nitrogens with zero attached hydrogens (tertiary/aromatic N) is 3. The van der Waals surface area contributed by atoms with Crippen LogP contribution >= 0.6 is 23.1 Å². The number of benzene rings is 1. The predicted molar refractivity (Wildman–Crippen MR) is 106 cm³/mol. The van der Waals surface area contributed by atoms with Crippen LogP contribution in [0.4, 0.5) is 5.13 Å². The largest absolute Gasteiger partial charge is 0.357 e. The summed E-state index contributed by atoms with van der Waals surface area (Å²) in [5.41, 5.74) is 0.883. The maximum atomic E-state index is 12.8. The van der Waals surface area contributed by atoms with Gasteiger partial charge in [-0.05, 0) is 26.3 Å². The summed E-state index contributed by atoms with van der Waals surface area (Å²) in [4.78, 5) is 14.7. The third-order valence-electron chi connectivity index (χ3n) is 3.42. The highest BCUT2D eigenvalue weighted by Crippen LogP contribution is 2.27. The van der Waals surface area contributed by atoms with Gasteiger partial charge in [0.2, 0.25) is 11.0 Å². The Labute approximate surface area is 157 Å². The van der Waals surface area contributed by atoms with E-state index in [4.69, 9.17) is 0 Å². The first-order chi connectivity index (χ1) is 11.9. The molecule has 0 unspecified atom stereocenters.